The molecule has 0 bridgehead atoms. The summed E-state index contributed by atoms with van der Waals surface area (Å²) in [5, 5.41) is 3.62. The second kappa shape index (κ2) is 4.33. The molecule has 1 heterocycles. The first-order valence-corrected chi connectivity index (χ1v) is 8.20. The van der Waals surface area contributed by atoms with Gasteiger partial charge in [0.05, 0.1) is 0 Å². The highest BCUT2D eigenvalue weighted by Gasteiger charge is 2.61. The van der Waals surface area contributed by atoms with Gasteiger partial charge in [0.25, 0.3) is 0 Å². The fraction of sp³-hybridized carbons (Fsp3) is 0.611. The first-order valence-electron chi connectivity index (χ1n) is 8.20. The summed E-state index contributed by atoms with van der Waals surface area (Å²) in [5.74, 6) is 0.987. The maximum absolute atomic E-state index is 12.9. The number of amides is 1. The number of hydrogen-bond acceptors (Lipinski definition) is 2. The van der Waals surface area contributed by atoms with Crippen LogP contribution in [0.15, 0.2) is 30.3 Å². The fourth-order valence-electron chi connectivity index (χ4n) is 3.76. The molecule has 21 heavy (non-hydrogen) atoms. The maximum atomic E-state index is 12.9. The number of carbonyl (C=O) groups is 1. The zero-order valence-electron chi connectivity index (χ0n) is 12.9. The Bertz CT molecular complexity index is 558. The summed E-state index contributed by atoms with van der Waals surface area (Å²) in [6.45, 7) is 5.51. The molecule has 1 amide bonds. The molecule has 3 aliphatic rings. The molecule has 1 aromatic carbocycles. The van der Waals surface area contributed by atoms with E-state index in [1.807, 2.05) is 6.07 Å². The van der Waals surface area contributed by atoms with Crippen molar-refractivity contribution in [1.82, 2.24) is 10.2 Å². The van der Waals surface area contributed by atoms with Crippen molar-refractivity contribution in [2.45, 2.75) is 51.2 Å². The summed E-state index contributed by atoms with van der Waals surface area (Å²) >= 11 is 0. The van der Waals surface area contributed by atoms with Crippen molar-refractivity contribution in [2.75, 3.05) is 6.54 Å². The zero-order chi connectivity index (χ0) is 14.7. The van der Waals surface area contributed by atoms with Crippen LogP contribution in [0.3, 0.4) is 0 Å². The lowest BCUT2D eigenvalue weighted by atomic mass is 9.91. The van der Waals surface area contributed by atoms with Gasteiger partial charge in [0, 0.05) is 6.54 Å². The second-order valence-corrected chi connectivity index (χ2v) is 7.49. The third-order valence-corrected chi connectivity index (χ3v) is 5.86. The van der Waals surface area contributed by atoms with Crippen molar-refractivity contribution in [3.63, 3.8) is 0 Å². The number of nitrogens with zero attached hydrogens (tertiary/aromatic N) is 1. The van der Waals surface area contributed by atoms with E-state index in [-0.39, 0.29) is 11.7 Å². The molecule has 0 radical (unpaired) electrons. The van der Waals surface area contributed by atoms with E-state index in [2.05, 4.69) is 48.3 Å². The SMILES string of the molecule is CC(C)C1(CN2C(=O)C3(CC3)NC2c2ccccc2)CC1. The van der Waals surface area contributed by atoms with Crippen LogP contribution in [-0.2, 0) is 4.79 Å². The van der Waals surface area contributed by atoms with Crippen LogP contribution >= 0.6 is 0 Å². The molecule has 3 heteroatoms. The molecule has 2 saturated carbocycles. The molecule has 1 atom stereocenters. The van der Waals surface area contributed by atoms with E-state index in [1.54, 1.807) is 0 Å². The molecule has 1 spiro atoms. The van der Waals surface area contributed by atoms with E-state index in [0.29, 0.717) is 17.2 Å². The summed E-state index contributed by atoms with van der Waals surface area (Å²) in [4.78, 5) is 15.0. The van der Waals surface area contributed by atoms with Gasteiger partial charge < -0.3 is 4.90 Å². The van der Waals surface area contributed by atoms with Crippen LogP contribution in [0.4, 0.5) is 0 Å². The number of carbonyl (C=O) groups excluding carboxylic acids is 1. The van der Waals surface area contributed by atoms with Crippen molar-refractivity contribution in [2.24, 2.45) is 11.3 Å². The van der Waals surface area contributed by atoms with Gasteiger partial charge in [0.2, 0.25) is 5.91 Å². The Kier molecular flexibility index (Phi) is 2.74. The normalized spacial score (nSPS) is 28.4. The fourth-order valence-corrected chi connectivity index (χ4v) is 3.76. The Morgan fingerprint density at radius 1 is 1.19 bits per heavy atom. The van der Waals surface area contributed by atoms with Gasteiger partial charge in [0.1, 0.15) is 11.7 Å². The van der Waals surface area contributed by atoms with Crippen molar-refractivity contribution >= 4 is 5.91 Å². The van der Waals surface area contributed by atoms with Crippen LogP contribution < -0.4 is 5.32 Å². The van der Waals surface area contributed by atoms with Crippen molar-refractivity contribution in [1.29, 1.82) is 0 Å². The molecule has 3 nitrogen and oxygen atoms in total. The van der Waals surface area contributed by atoms with Gasteiger partial charge in [0.15, 0.2) is 0 Å². The minimum absolute atomic E-state index is 0.0671. The monoisotopic (exact) mass is 284 g/mol. The predicted molar refractivity (Wildman–Crippen MR) is 82.5 cm³/mol. The average Bonchev–Trinajstić information content (AvgIpc) is 3.38. The lowest BCUT2D eigenvalue weighted by Gasteiger charge is -2.31. The molecule has 1 N–H and O–H groups in total. The molecule has 0 aromatic heterocycles. The molecular formula is C18H24N2O. The summed E-state index contributed by atoms with van der Waals surface area (Å²) < 4.78 is 0. The highest BCUT2D eigenvalue weighted by molar-refractivity contribution is 5.92. The predicted octanol–water partition coefficient (Wildman–Crippen LogP) is 3.09. The number of nitrogens with one attached hydrogen (secondary N) is 1. The van der Waals surface area contributed by atoms with E-state index in [9.17, 15) is 4.79 Å². The van der Waals surface area contributed by atoms with Gasteiger partial charge in [-0.25, -0.2) is 0 Å². The summed E-state index contributed by atoms with van der Waals surface area (Å²) in [7, 11) is 0. The van der Waals surface area contributed by atoms with E-state index in [4.69, 9.17) is 0 Å². The Hall–Kier alpha value is -1.35. The van der Waals surface area contributed by atoms with Gasteiger partial charge in [-0.1, -0.05) is 44.2 Å². The molecule has 4 rings (SSSR count). The zero-order valence-corrected chi connectivity index (χ0v) is 12.9. The standard InChI is InChI=1S/C18H24N2O/c1-13(2)17(8-9-17)12-20-15(14-6-4-3-5-7-14)19-18(10-11-18)16(20)21/h3-7,13,15,19H,8-12H2,1-2H3. The summed E-state index contributed by atoms with van der Waals surface area (Å²) in [6.07, 6.45) is 4.60. The van der Waals surface area contributed by atoms with Crippen LogP contribution in [0.25, 0.3) is 0 Å². The van der Waals surface area contributed by atoms with Gasteiger partial charge >= 0.3 is 0 Å². The lowest BCUT2D eigenvalue weighted by Crippen LogP contribution is -2.38. The van der Waals surface area contributed by atoms with E-state index < -0.39 is 0 Å². The van der Waals surface area contributed by atoms with Gasteiger partial charge in [-0.05, 0) is 42.6 Å². The topological polar surface area (TPSA) is 32.3 Å². The molecule has 3 fully saturated rings. The van der Waals surface area contributed by atoms with Crippen LogP contribution in [0.1, 0.15) is 51.3 Å². The van der Waals surface area contributed by atoms with Crippen molar-refractivity contribution in [3.05, 3.63) is 35.9 Å². The molecule has 1 aliphatic heterocycles. The van der Waals surface area contributed by atoms with Crippen LogP contribution in [0.2, 0.25) is 0 Å². The molecule has 2 aliphatic carbocycles. The molecule has 1 unspecified atom stereocenters. The largest absolute Gasteiger partial charge is 0.321 e. The number of hydrogen-bond donors (Lipinski definition) is 1. The Balaban J connectivity index is 1.64. The second-order valence-electron chi connectivity index (χ2n) is 7.49. The average molecular weight is 284 g/mol. The third-order valence-electron chi connectivity index (χ3n) is 5.86. The van der Waals surface area contributed by atoms with Gasteiger partial charge in [-0.15, -0.1) is 0 Å². The van der Waals surface area contributed by atoms with Crippen molar-refractivity contribution in [3.8, 4) is 0 Å². The lowest BCUT2D eigenvalue weighted by molar-refractivity contribution is -0.132. The Labute approximate surface area is 126 Å². The summed E-state index contributed by atoms with van der Waals surface area (Å²) in [6, 6.07) is 10.4. The van der Waals surface area contributed by atoms with E-state index in [0.717, 1.165) is 19.4 Å². The number of benzene rings is 1. The smallest absolute Gasteiger partial charge is 0.244 e. The minimum Gasteiger partial charge on any atom is -0.321 e. The quantitative estimate of drug-likeness (QED) is 0.921. The van der Waals surface area contributed by atoms with Crippen LogP contribution in [0.5, 0.6) is 0 Å². The van der Waals surface area contributed by atoms with E-state index >= 15 is 0 Å². The van der Waals surface area contributed by atoms with Gasteiger partial charge in [-0.2, -0.15) is 0 Å². The maximum Gasteiger partial charge on any atom is 0.244 e. The van der Waals surface area contributed by atoms with Crippen LogP contribution in [0, 0.1) is 11.3 Å². The Morgan fingerprint density at radius 2 is 1.86 bits per heavy atom. The first kappa shape index (κ1) is 13.3. The molecule has 112 valence electrons. The van der Waals surface area contributed by atoms with Crippen molar-refractivity contribution < 1.29 is 4.79 Å². The minimum atomic E-state index is -0.229. The Morgan fingerprint density at radius 3 is 2.38 bits per heavy atom. The third kappa shape index (κ3) is 2.02. The number of rotatable bonds is 4. The van der Waals surface area contributed by atoms with Gasteiger partial charge in [-0.3, -0.25) is 10.1 Å². The first-order chi connectivity index (χ1) is 10.1. The summed E-state index contributed by atoms with van der Waals surface area (Å²) in [5.41, 5.74) is 1.35. The molecule has 1 saturated heterocycles. The van der Waals surface area contributed by atoms with Crippen LogP contribution in [-0.4, -0.2) is 22.9 Å². The van der Waals surface area contributed by atoms with E-state index in [1.165, 1.54) is 18.4 Å². The highest BCUT2D eigenvalue weighted by Crippen LogP contribution is 2.55. The molecule has 1 aromatic rings. The molecular weight excluding hydrogens is 260 g/mol. The highest BCUT2D eigenvalue weighted by atomic mass is 16.2.